The summed E-state index contributed by atoms with van der Waals surface area (Å²) in [4.78, 5) is 27.9. The van der Waals surface area contributed by atoms with Crippen LogP contribution in [0.3, 0.4) is 0 Å². The third kappa shape index (κ3) is 7.61. The molecule has 242 valence electrons. The van der Waals surface area contributed by atoms with Crippen molar-refractivity contribution in [2.24, 2.45) is 4.99 Å². The second-order valence-corrected chi connectivity index (χ2v) is 11.5. The smallest absolute Gasteiger partial charge is 0.442 e. The van der Waals surface area contributed by atoms with E-state index in [4.69, 9.17) is 23.9 Å². The maximum absolute atomic E-state index is 13.5. The summed E-state index contributed by atoms with van der Waals surface area (Å²) >= 11 is 0. The van der Waals surface area contributed by atoms with E-state index in [0.29, 0.717) is 43.1 Å². The number of fused-ring (bicyclic) bond motifs is 3. The number of halogens is 1. The monoisotopic (exact) mass is 632 g/mol. The van der Waals surface area contributed by atoms with Crippen LogP contribution in [0.15, 0.2) is 65.9 Å². The Labute approximate surface area is 265 Å². The number of pyridine rings is 1. The maximum atomic E-state index is 13.5. The van der Waals surface area contributed by atoms with Gasteiger partial charge in [0.2, 0.25) is 5.62 Å². The highest BCUT2D eigenvalue weighted by molar-refractivity contribution is 5.95. The van der Waals surface area contributed by atoms with Crippen molar-refractivity contribution in [2.45, 2.75) is 45.1 Å². The van der Waals surface area contributed by atoms with E-state index in [1.165, 1.54) is 18.3 Å². The lowest BCUT2D eigenvalue weighted by Gasteiger charge is -2.36. The lowest BCUT2D eigenvalue weighted by molar-refractivity contribution is -0.0787. The number of anilines is 1. The molecule has 6 rings (SSSR count). The van der Waals surface area contributed by atoms with Crippen molar-refractivity contribution in [3.8, 4) is 17.2 Å². The van der Waals surface area contributed by atoms with Gasteiger partial charge < -0.3 is 29.4 Å². The molecular weight excluding hydrogens is 595 g/mol. The van der Waals surface area contributed by atoms with Crippen LogP contribution in [0.2, 0.25) is 0 Å². The number of morpholine rings is 1. The van der Waals surface area contributed by atoms with Gasteiger partial charge in [-0.15, -0.1) is 4.99 Å². The average Bonchev–Trinajstić information content (AvgIpc) is 3.52. The van der Waals surface area contributed by atoms with Gasteiger partial charge in [0.05, 0.1) is 25.0 Å². The molecule has 0 radical (unpaired) electrons. The fourth-order valence-corrected chi connectivity index (χ4v) is 5.79. The number of nitrogens with zero attached hydrogens (tertiary/aromatic N) is 5. The standard InChI is InChI=1S/C33H37FN6O6/c1-21-17-39(18-22(2)45-21)19-25(41)20-44-28-10-9-27-29(30(28)43-15-11-23-5-7-24(34)8-6-23)37-32(40-14-13-36-31(27)40)38-33(42)46-26-4-3-12-35-16-26/h3-10,12,16,21-22,25,36,41H,11,13-15,17-20H2,1-2H3/t21-,22+,25-/m1/s1. The van der Waals surface area contributed by atoms with Gasteiger partial charge in [-0.3, -0.25) is 14.5 Å². The summed E-state index contributed by atoms with van der Waals surface area (Å²) in [6.07, 6.45) is 2.05. The van der Waals surface area contributed by atoms with E-state index >= 15 is 0 Å². The Kier molecular flexibility index (Phi) is 9.71. The lowest BCUT2D eigenvalue weighted by Crippen LogP contribution is -2.48. The van der Waals surface area contributed by atoms with E-state index in [0.717, 1.165) is 29.9 Å². The van der Waals surface area contributed by atoms with E-state index in [1.807, 2.05) is 24.5 Å². The van der Waals surface area contributed by atoms with Crippen LogP contribution >= 0.6 is 0 Å². The first-order chi connectivity index (χ1) is 22.3. The van der Waals surface area contributed by atoms with E-state index < -0.39 is 12.2 Å². The van der Waals surface area contributed by atoms with Crippen molar-refractivity contribution in [1.29, 1.82) is 0 Å². The summed E-state index contributed by atoms with van der Waals surface area (Å²) in [6, 6.07) is 13.2. The predicted molar refractivity (Wildman–Crippen MR) is 168 cm³/mol. The zero-order valence-electron chi connectivity index (χ0n) is 25.8. The predicted octanol–water partition coefficient (Wildman–Crippen LogP) is 3.57. The van der Waals surface area contributed by atoms with Gasteiger partial charge in [-0.1, -0.05) is 12.1 Å². The van der Waals surface area contributed by atoms with Crippen molar-refractivity contribution in [3.63, 3.8) is 0 Å². The average molecular weight is 633 g/mol. The molecule has 1 fully saturated rings. The van der Waals surface area contributed by atoms with Crippen LogP contribution in [0.25, 0.3) is 10.9 Å². The number of benzene rings is 2. The minimum atomic E-state index is -0.845. The molecule has 0 unspecified atom stereocenters. The van der Waals surface area contributed by atoms with Crippen molar-refractivity contribution < 1.29 is 33.2 Å². The van der Waals surface area contributed by atoms with Gasteiger partial charge >= 0.3 is 6.09 Å². The van der Waals surface area contributed by atoms with Gasteiger partial charge in [-0.25, -0.2) is 14.2 Å². The second-order valence-electron chi connectivity index (χ2n) is 11.5. The van der Waals surface area contributed by atoms with Crippen molar-refractivity contribution in [1.82, 2.24) is 19.4 Å². The molecule has 2 aromatic carbocycles. The van der Waals surface area contributed by atoms with E-state index in [9.17, 15) is 14.3 Å². The molecule has 2 aromatic heterocycles. The Morgan fingerprint density at radius 1 is 1.15 bits per heavy atom. The molecule has 46 heavy (non-hydrogen) atoms. The first-order valence-corrected chi connectivity index (χ1v) is 15.4. The number of carbonyl (C=O) groups excluding carboxylic acids is 1. The number of carbonyl (C=O) groups is 1. The molecule has 3 atom stereocenters. The molecule has 4 aromatic rings. The zero-order valence-corrected chi connectivity index (χ0v) is 25.8. The molecule has 12 nitrogen and oxygen atoms in total. The number of aliphatic hydroxyl groups is 1. The van der Waals surface area contributed by atoms with Gasteiger partial charge in [0.1, 0.15) is 29.9 Å². The topological polar surface area (TPSA) is 133 Å². The van der Waals surface area contributed by atoms with Crippen molar-refractivity contribution >= 4 is 22.8 Å². The fraction of sp³-hybridized carbons (Fsp3) is 0.394. The Morgan fingerprint density at radius 3 is 2.72 bits per heavy atom. The van der Waals surface area contributed by atoms with Gasteiger partial charge in [-0.05, 0) is 55.8 Å². The van der Waals surface area contributed by atoms with Crippen LogP contribution in [-0.4, -0.2) is 88.3 Å². The van der Waals surface area contributed by atoms with Gasteiger partial charge in [0, 0.05) is 50.7 Å². The van der Waals surface area contributed by atoms with E-state index in [2.05, 4.69) is 20.2 Å². The molecule has 0 aliphatic carbocycles. The van der Waals surface area contributed by atoms with Crippen molar-refractivity contribution in [2.75, 3.05) is 44.7 Å². The van der Waals surface area contributed by atoms with E-state index in [-0.39, 0.29) is 42.6 Å². The molecule has 4 heterocycles. The minimum absolute atomic E-state index is 0.0204. The third-order valence-corrected chi connectivity index (χ3v) is 7.68. The Morgan fingerprint density at radius 2 is 1.96 bits per heavy atom. The van der Waals surface area contributed by atoms with Crippen LogP contribution in [-0.2, 0) is 17.7 Å². The summed E-state index contributed by atoms with van der Waals surface area (Å²) in [5, 5.41) is 15.0. The highest BCUT2D eigenvalue weighted by Gasteiger charge is 2.25. The Balaban J connectivity index is 1.30. The number of rotatable bonds is 10. The van der Waals surface area contributed by atoms with Crippen LogP contribution in [0.1, 0.15) is 19.4 Å². The highest BCUT2D eigenvalue weighted by atomic mass is 19.1. The molecule has 1 saturated heterocycles. The van der Waals surface area contributed by atoms with Crippen molar-refractivity contribution in [3.05, 3.63) is 77.9 Å². The SMILES string of the molecule is C[C@@H]1CN(C[C@@H](O)COc2ccc3c4n(c(=NC(=O)Oc5cccnc5)nc3c2OCCc2ccc(F)cc2)CCN4)C[C@H](C)O1. The van der Waals surface area contributed by atoms with Gasteiger partial charge in [0.25, 0.3) is 0 Å². The molecule has 2 N–H and O–H groups in total. The summed E-state index contributed by atoms with van der Waals surface area (Å²) < 4.78 is 38.9. The van der Waals surface area contributed by atoms with Crippen LogP contribution < -0.4 is 25.1 Å². The number of ether oxygens (including phenoxy) is 4. The number of hydrogen-bond donors (Lipinski definition) is 2. The largest absolute Gasteiger partial charge is 0.487 e. The molecule has 2 aliphatic heterocycles. The first kappa shape index (κ1) is 31.4. The number of β-amino-alcohol motifs (C(OH)–C–C–N with tert-alkyl or cyclic N) is 1. The summed E-state index contributed by atoms with van der Waals surface area (Å²) in [7, 11) is 0. The number of hydrogen-bond acceptors (Lipinski definition) is 10. The zero-order chi connectivity index (χ0) is 32.0. The third-order valence-electron chi connectivity index (χ3n) is 7.68. The van der Waals surface area contributed by atoms with Crippen LogP contribution in [0.4, 0.5) is 15.0 Å². The summed E-state index contributed by atoms with van der Waals surface area (Å²) in [5.41, 5.74) is 1.46. The molecule has 1 amide bonds. The number of aliphatic hydroxyl groups excluding tert-OH is 1. The fourth-order valence-electron chi connectivity index (χ4n) is 5.79. The normalized spacial score (nSPS) is 19.0. The van der Waals surface area contributed by atoms with E-state index in [1.54, 1.807) is 36.5 Å². The molecular formula is C33H37FN6O6. The molecule has 0 bridgehead atoms. The number of nitrogens with one attached hydrogen (secondary N) is 1. The van der Waals surface area contributed by atoms with Gasteiger partial charge in [-0.2, -0.15) is 0 Å². The molecule has 13 heteroatoms. The number of aromatic nitrogens is 3. The number of amides is 1. The maximum Gasteiger partial charge on any atom is 0.442 e. The Bertz CT molecular complexity index is 1730. The lowest BCUT2D eigenvalue weighted by atomic mass is 10.1. The van der Waals surface area contributed by atoms with Crippen LogP contribution in [0.5, 0.6) is 17.2 Å². The molecule has 0 spiro atoms. The minimum Gasteiger partial charge on any atom is -0.487 e. The quantitative estimate of drug-likeness (QED) is 0.268. The second kappa shape index (κ2) is 14.2. The molecule has 2 aliphatic rings. The molecule has 0 saturated carbocycles. The summed E-state index contributed by atoms with van der Waals surface area (Å²) in [5.74, 6) is 1.40. The highest BCUT2D eigenvalue weighted by Crippen LogP contribution is 2.37. The first-order valence-electron chi connectivity index (χ1n) is 15.4. The van der Waals surface area contributed by atoms with Crippen LogP contribution in [0, 0.1) is 5.82 Å². The summed E-state index contributed by atoms with van der Waals surface area (Å²) in [6.45, 7) is 7.34. The Hall–Kier alpha value is -4.59. The van der Waals surface area contributed by atoms with Gasteiger partial charge in [0.15, 0.2) is 17.2 Å².